The molecule has 43 heteroatoms. The Morgan fingerprint density at radius 2 is 0.537 bits per heavy atom. The average molecular weight is 2110 g/mol. The monoisotopic (exact) mass is 2100 g/mol. The zero-order valence-corrected chi connectivity index (χ0v) is 86.4. The lowest BCUT2D eigenvalue weighted by molar-refractivity contribution is -0.106. The minimum atomic E-state index is -1.62. The number of alkyl halides is 6. The zero-order chi connectivity index (χ0) is 105. The zero-order valence-electron chi connectivity index (χ0n) is 82.3. The van der Waals surface area contributed by atoms with Gasteiger partial charge in [-0.2, -0.15) is 0 Å². The van der Waals surface area contributed by atoms with Gasteiger partial charge in [0.25, 0.3) is 29.5 Å². The number of carbonyl (C=O) groups excluding carboxylic acids is 5. The van der Waals surface area contributed by atoms with Gasteiger partial charge >= 0.3 is 0 Å². The van der Waals surface area contributed by atoms with Crippen LogP contribution in [-0.4, -0.2) is 211 Å². The number of nitrogens with one attached hydrogen (secondary N) is 5. The van der Waals surface area contributed by atoms with E-state index in [-0.39, 0.29) is 153 Å². The number of aliphatic imine (C=N–C) groups is 5. The van der Waals surface area contributed by atoms with Crippen molar-refractivity contribution in [3.63, 3.8) is 0 Å². The first kappa shape index (κ1) is 107. The van der Waals surface area contributed by atoms with Crippen LogP contribution in [0.15, 0.2) is 226 Å². The number of carbonyl (C=O) groups is 5. The van der Waals surface area contributed by atoms with Crippen LogP contribution in [-0.2, 0) is 51.4 Å². The van der Waals surface area contributed by atoms with Gasteiger partial charge in [0.05, 0.1) is 87.3 Å². The molecule has 0 radical (unpaired) electrons. The van der Waals surface area contributed by atoms with E-state index >= 15 is 22.0 Å². The summed E-state index contributed by atoms with van der Waals surface area (Å²) in [6, 6.07) is 45.0. The van der Waals surface area contributed by atoms with E-state index in [0.717, 1.165) is 22.5 Å². The maximum atomic E-state index is 16.2. The molecule has 5 aromatic carbocycles. The van der Waals surface area contributed by atoms with Crippen LogP contribution in [0.25, 0.3) is 0 Å². The van der Waals surface area contributed by atoms with Crippen molar-refractivity contribution in [1.82, 2.24) is 34.9 Å². The first-order valence-electron chi connectivity index (χ1n) is 47.5. The van der Waals surface area contributed by atoms with Crippen LogP contribution in [0.4, 0.5) is 54.8 Å². The smallest absolute Gasteiger partial charge is 0.275 e. The number of nitrogens with zero attached hydrogens (tertiary/aromatic N) is 12. The van der Waals surface area contributed by atoms with E-state index in [4.69, 9.17) is 52.4 Å². The molecule has 10 aliphatic heterocycles. The highest BCUT2D eigenvalue weighted by Crippen LogP contribution is 2.58. The lowest BCUT2D eigenvalue weighted by Crippen LogP contribution is -2.60. The molecule has 147 heavy (non-hydrogen) atoms. The van der Waals surface area contributed by atoms with Gasteiger partial charge in [-0.3, -0.25) is 48.9 Å². The normalized spacial score (nSPS) is 28.9. The summed E-state index contributed by atoms with van der Waals surface area (Å²) in [5.74, 6) is -0.838. The number of aryl methyl sites for hydroxylation is 4. The second-order valence-electron chi connectivity index (χ2n) is 38.2. The molecule has 0 saturated carbocycles. The maximum absolute atomic E-state index is 16.2. The fourth-order valence-corrected chi connectivity index (χ4v) is 24.0. The fraction of sp³-hybridized carbons (Fsp3) is 0.394. The van der Waals surface area contributed by atoms with Gasteiger partial charge in [-0.05, 0) is 187 Å². The highest BCUT2D eigenvalue weighted by atomic mass is 32.2. The molecule has 0 bridgehead atoms. The van der Waals surface area contributed by atoms with Crippen molar-refractivity contribution >= 4 is 143 Å². The van der Waals surface area contributed by atoms with E-state index in [0.29, 0.717) is 99.0 Å². The highest BCUT2D eigenvalue weighted by Gasteiger charge is 2.65. The van der Waals surface area contributed by atoms with Gasteiger partial charge in [-0.25, -0.2) is 61.3 Å². The molecule has 0 spiro atoms. The third kappa shape index (κ3) is 23.1. The Morgan fingerprint density at radius 3 is 0.741 bits per heavy atom. The van der Waals surface area contributed by atoms with Crippen LogP contribution in [0.1, 0.15) is 188 Å². The van der Waals surface area contributed by atoms with Crippen LogP contribution in [0, 0.1) is 27.7 Å². The molecule has 32 nitrogen and oxygen atoms in total. The fourth-order valence-electron chi connectivity index (χ4n) is 19.3. The van der Waals surface area contributed by atoms with Crippen molar-refractivity contribution in [3.05, 3.63) is 285 Å². The van der Waals surface area contributed by atoms with Crippen molar-refractivity contribution in [2.75, 3.05) is 88.4 Å². The molecule has 10 aliphatic rings. The minimum absolute atomic E-state index is 0.0633. The largest absolute Gasteiger partial charge is 0.379 e. The van der Waals surface area contributed by atoms with Crippen LogP contribution in [0.5, 0.6) is 0 Å². The van der Waals surface area contributed by atoms with Gasteiger partial charge in [-0.15, -0.1) is 0 Å². The lowest BCUT2D eigenvalue weighted by Gasteiger charge is -2.49. The van der Waals surface area contributed by atoms with Crippen molar-refractivity contribution < 1.29 is 74.0 Å². The van der Waals surface area contributed by atoms with Crippen LogP contribution >= 0.6 is 58.8 Å². The van der Waals surface area contributed by atoms with Crippen molar-refractivity contribution in [2.24, 2.45) is 53.6 Å². The van der Waals surface area contributed by atoms with Crippen molar-refractivity contribution in [1.29, 1.82) is 0 Å². The number of nitrogens with two attached hydrogens (primary N) is 5. The predicted octanol–water partition coefficient (Wildman–Crippen LogP) is 16.6. The quantitative estimate of drug-likeness (QED) is 0.0402. The molecule has 1 unspecified atom stereocenters. The topological polar surface area (TPSA) is 474 Å². The molecule has 5 amide bonds. The Labute approximate surface area is 867 Å². The van der Waals surface area contributed by atoms with Crippen LogP contribution in [0.3, 0.4) is 0 Å². The molecule has 0 aliphatic carbocycles. The number of rotatable bonds is 16. The third-order valence-corrected chi connectivity index (χ3v) is 32.1. The summed E-state index contributed by atoms with van der Waals surface area (Å²) >= 11 is 6.11. The molecule has 5 aromatic heterocycles. The van der Waals surface area contributed by atoms with E-state index in [1.165, 1.54) is 109 Å². The Hall–Kier alpha value is -12.5. The third-order valence-electron chi connectivity index (χ3n) is 27.2. The number of anilines is 5. The molecule has 20 rings (SSSR count). The van der Waals surface area contributed by atoms with Crippen molar-refractivity contribution in [2.45, 2.75) is 194 Å². The molecule has 15 N–H and O–H groups in total. The first-order valence-corrected chi connectivity index (χ1v) is 52.5. The second kappa shape index (κ2) is 44.1. The van der Waals surface area contributed by atoms with E-state index in [9.17, 15) is 28.4 Å². The summed E-state index contributed by atoms with van der Waals surface area (Å²) in [4.78, 5) is 114. The minimum Gasteiger partial charge on any atom is -0.379 e. The van der Waals surface area contributed by atoms with E-state index in [1.54, 1.807) is 160 Å². The van der Waals surface area contributed by atoms with Gasteiger partial charge in [0.15, 0.2) is 54.2 Å². The number of benzene rings is 5. The number of aromatic nitrogens is 7. The Bertz CT molecular complexity index is 6100. The van der Waals surface area contributed by atoms with Gasteiger partial charge in [0, 0.05) is 126 Å². The summed E-state index contributed by atoms with van der Waals surface area (Å²) in [6.07, 6.45) is 9.45. The van der Waals surface area contributed by atoms with E-state index in [1.807, 2.05) is 60.6 Å². The van der Waals surface area contributed by atoms with Crippen molar-refractivity contribution in [3.8, 4) is 0 Å². The number of amides is 5. The Balaban J connectivity index is 0.000000131. The standard InChI is InChI=1S/C22H24F2N4O2S.2C21H23FN4O2S.2C20H22FN5O2S/c1-13-9-21(24)12-31-20(25)28-22(21,11-30-13)16-4-3-5-17(8-16)27-19(29)18-7-6-15(10-26-18)14(2)23;2*1-13-6-7-17(24-10-13)18(27)25-16-5-3-4-15(8-16)21-11-28-14(2)9-20(21,22)12-29-19(23)26-21;2*1-12-8-24-16(9-23-12)17(27)25-15-5-3-4-14(6-15)20-10-28-13(2)7-19(20,21)11-29-18(22)26-20/h3-8,10,13-14H,9,11-12H2,1-2H3,(H2,25,28)(H,27,29);2*3-8,10,14H,9,11-12H2,1-2H3,(H2,23,26)(H,25,27);2*3-6,8-9,13H,7,10-11H2,1-2H3,(H2,22,26)(H,25,27)/t13-,14?,21+,22+;2*14-,20+,21+;2*13-,19+,20+/m00000/s1. The molecule has 772 valence electrons. The maximum Gasteiger partial charge on any atom is 0.275 e. The molecule has 5 fully saturated rings. The van der Waals surface area contributed by atoms with E-state index in [2.05, 4.69) is 86.4 Å². The molecule has 10 aromatic rings. The summed E-state index contributed by atoms with van der Waals surface area (Å²) in [7, 11) is 0. The van der Waals surface area contributed by atoms with E-state index < -0.39 is 79.9 Å². The molecule has 16 atom stereocenters. The number of ether oxygens (including phenoxy) is 5. The summed E-state index contributed by atoms with van der Waals surface area (Å²) < 4.78 is 123. The van der Waals surface area contributed by atoms with Gasteiger partial charge in [0.2, 0.25) is 0 Å². The highest BCUT2D eigenvalue weighted by molar-refractivity contribution is 8.15. The Kier molecular flexibility index (Phi) is 32.2. The molecular weight excluding hydrogens is 1990 g/mol. The number of pyridine rings is 3. The average Bonchev–Trinajstić information content (AvgIpc) is 0.741. The Morgan fingerprint density at radius 1 is 0.313 bits per heavy atom. The SMILES string of the molecule is CC(F)c1ccc(C(=O)Nc2cccc([C@]34CO[C@@H](C)C[C@@]3(F)CSC(N)=N4)c2)nc1.Cc1ccc(C(=O)Nc2cccc([C@]34CO[C@@H](C)C[C@@]3(F)CSC(N)=N4)c2)nc1.Cc1ccc(C(=O)Nc2cccc([C@]34CO[C@@H](C)C[C@@]3(F)CSC(N)=N4)c2)nc1.Cc1cnc(C(=O)Nc2cccc([C@]34CO[C@@H](C)C[C@@]3(F)CSC(N)=N4)c2)cn1.Cc1cnc(C(=O)Nc2cccc([C@]34CO[C@@H](C)C[C@@]3(F)CSC(N)=N4)c2)cn1. The van der Waals surface area contributed by atoms with Crippen LogP contribution in [0.2, 0.25) is 0 Å². The number of halogens is 6. The number of fused-ring (bicyclic) bond motifs is 5. The molecular formula is C104H114F6N22O10S5. The van der Waals surface area contributed by atoms with Gasteiger partial charge in [-0.1, -0.05) is 138 Å². The summed E-state index contributed by atoms with van der Waals surface area (Å²) in [5.41, 5.74) is 26.3. The molecule has 15 heterocycles. The number of hydrogen-bond donors (Lipinski definition) is 10. The second-order valence-corrected chi connectivity index (χ2v) is 43.2. The molecule has 5 saturated heterocycles. The number of hydrogen-bond acceptors (Lipinski definition) is 32. The van der Waals surface area contributed by atoms with Crippen LogP contribution < -0.4 is 55.3 Å². The van der Waals surface area contributed by atoms with Gasteiger partial charge < -0.3 is 78.9 Å². The van der Waals surface area contributed by atoms with Gasteiger partial charge in [0.1, 0.15) is 62.3 Å². The summed E-state index contributed by atoms with van der Waals surface area (Å²) in [6.45, 7) is 18.5. The predicted molar refractivity (Wildman–Crippen MR) is 565 cm³/mol. The first-order chi connectivity index (χ1) is 70.0. The number of thioether (sulfide) groups is 5. The summed E-state index contributed by atoms with van der Waals surface area (Å²) in [5, 5.41) is 15.7. The lowest BCUT2D eigenvalue weighted by atomic mass is 9.73. The number of amidine groups is 5.